The number of hydrogen-bond donors (Lipinski definition) is 1. The SMILES string of the molecule is CCCNC1CCCC1c1nc(C2CCCCC2)no1. The molecule has 1 aromatic heterocycles. The molecule has 2 unspecified atom stereocenters. The first-order valence-electron chi connectivity index (χ1n) is 8.45. The van der Waals surface area contributed by atoms with Crippen molar-refractivity contribution >= 4 is 0 Å². The number of rotatable bonds is 5. The van der Waals surface area contributed by atoms with Crippen LogP contribution in [0.25, 0.3) is 0 Å². The Morgan fingerprint density at radius 3 is 2.75 bits per heavy atom. The summed E-state index contributed by atoms with van der Waals surface area (Å²) in [7, 11) is 0. The Balaban J connectivity index is 1.65. The molecule has 0 spiro atoms. The van der Waals surface area contributed by atoms with E-state index < -0.39 is 0 Å². The van der Waals surface area contributed by atoms with Gasteiger partial charge in [0.2, 0.25) is 5.89 Å². The maximum atomic E-state index is 5.61. The van der Waals surface area contributed by atoms with Gasteiger partial charge in [0, 0.05) is 12.0 Å². The van der Waals surface area contributed by atoms with Crippen molar-refractivity contribution in [3.05, 3.63) is 11.7 Å². The molecule has 2 fully saturated rings. The molecular formula is C16H27N3O. The predicted octanol–water partition coefficient (Wildman–Crippen LogP) is 3.75. The third kappa shape index (κ3) is 3.05. The molecule has 20 heavy (non-hydrogen) atoms. The summed E-state index contributed by atoms with van der Waals surface area (Å²) in [6.45, 7) is 3.30. The molecule has 4 heteroatoms. The quantitative estimate of drug-likeness (QED) is 0.890. The van der Waals surface area contributed by atoms with Crippen molar-refractivity contribution in [3.63, 3.8) is 0 Å². The van der Waals surface area contributed by atoms with Gasteiger partial charge in [-0.05, 0) is 38.6 Å². The second-order valence-corrected chi connectivity index (χ2v) is 6.42. The second-order valence-electron chi connectivity index (χ2n) is 6.42. The number of aromatic nitrogens is 2. The van der Waals surface area contributed by atoms with E-state index in [0.29, 0.717) is 17.9 Å². The van der Waals surface area contributed by atoms with Crippen molar-refractivity contribution in [2.75, 3.05) is 6.54 Å². The standard InChI is InChI=1S/C16H27N3O/c1-2-11-17-14-10-6-9-13(14)16-18-15(19-20-16)12-7-4-3-5-8-12/h12-14,17H,2-11H2,1H3. The fraction of sp³-hybridized carbons (Fsp3) is 0.875. The lowest BCUT2D eigenvalue weighted by Crippen LogP contribution is -2.31. The summed E-state index contributed by atoms with van der Waals surface area (Å²) < 4.78 is 5.61. The van der Waals surface area contributed by atoms with Crippen LogP contribution in [0.3, 0.4) is 0 Å². The normalized spacial score (nSPS) is 28.1. The molecule has 112 valence electrons. The lowest BCUT2D eigenvalue weighted by Gasteiger charge is -2.18. The van der Waals surface area contributed by atoms with Gasteiger partial charge < -0.3 is 9.84 Å². The van der Waals surface area contributed by atoms with E-state index in [4.69, 9.17) is 9.51 Å². The van der Waals surface area contributed by atoms with Crippen LogP contribution in [0.2, 0.25) is 0 Å². The Labute approximate surface area is 121 Å². The van der Waals surface area contributed by atoms with Crippen LogP contribution in [-0.2, 0) is 0 Å². The molecule has 0 saturated heterocycles. The smallest absolute Gasteiger partial charge is 0.231 e. The summed E-state index contributed by atoms with van der Waals surface area (Å²) in [5.74, 6) is 2.84. The maximum absolute atomic E-state index is 5.61. The molecule has 1 N–H and O–H groups in total. The minimum atomic E-state index is 0.436. The van der Waals surface area contributed by atoms with Crippen LogP contribution >= 0.6 is 0 Å². The third-order valence-corrected chi connectivity index (χ3v) is 4.92. The fourth-order valence-corrected chi connectivity index (χ4v) is 3.75. The Morgan fingerprint density at radius 2 is 1.95 bits per heavy atom. The zero-order chi connectivity index (χ0) is 13.8. The Hall–Kier alpha value is -0.900. The van der Waals surface area contributed by atoms with Gasteiger partial charge in [0.05, 0.1) is 5.92 Å². The summed E-state index contributed by atoms with van der Waals surface area (Å²) in [5.41, 5.74) is 0. The van der Waals surface area contributed by atoms with Crippen molar-refractivity contribution in [3.8, 4) is 0 Å². The molecule has 2 aliphatic rings. The van der Waals surface area contributed by atoms with E-state index >= 15 is 0 Å². The van der Waals surface area contributed by atoms with Gasteiger partial charge in [-0.3, -0.25) is 0 Å². The van der Waals surface area contributed by atoms with Gasteiger partial charge in [0.1, 0.15) is 0 Å². The lowest BCUT2D eigenvalue weighted by molar-refractivity contribution is 0.322. The molecule has 0 amide bonds. The predicted molar refractivity (Wildman–Crippen MR) is 78.8 cm³/mol. The van der Waals surface area contributed by atoms with Gasteiger partial charge in [0.25, 0.3) is 0 Å². The molecule has 3 rings (SSSR count). The average molecular weight is 277 g/mol. The van der Waals surface area contributed by atoms with Crippen LogP contribution in [0, 0.1) is 0 Å². The molecule has 2 atom stereocenters. The van der Waals surface area contributed by atoms with Crippen molar-refractivity contribution in [2.45, 2.75) is 82.6 Å². The van der Waals surface area contributed by atoms with Crippen molar-refractivity contribution in [1.82, 2.24) is 15.5 Å². The van der Waals surface area contributed by atoms with E-state index in [-0.39, 0.29) is 0 Å². The summed E-state index contributed by atoms with van der Waals surface area (Å²) in [6, 6.07) is 0.537. The summed E-state index contributed by atoms with van der Waals surface area (Å²) >= 11 is 0. The van der Waals surface area contributed by atoms with Crippen molar-refractivity contribution in [1.29, 1.82) is 0 Å². The lowest BCUT2D eigenvalue weighted by atomic mass is 9.89. The monoisotopic (exact) mass is 277 g/mol. The second kappa shape index (κ2) is 6.70. The molecule has 0 aromatic carbocycles. The van der Waals surface area contributed by atoms with E-state index in [0.717, 1.165) is 18.3 Å². The van der Waals surface area contributed by atoms with E-state index in [9.17, 15) is 0 Å². The highest BCUT2D eigenvalue weighted by molar-refractivity contribution is 5.05. The molecule has 0 bridgehead atoms. The van der Waals surface area contributed by atoms with Gasteiger partial charge >= 0.3 is 0 Å². The molecule has 1 aromatic rings. The molecule has 0 radical (unpaired) electrons. The Kier molecular flexibility index (Phi) is 4.71. The topological polar surface area (TPSA) is 51.0 Å². The van der Waals surface area contributed by atoms with Crippen LogP contribution in [0.1, 0.15) is 88.3 Å². The fourth-order valence-electron chi connectivity index (χ4n) is 3.75. The molecule has 2 saturated carbocycles. The molecule has 2 aliphatic carbocycles. The van der Waals surface area contributed by atoms with E-state index in [1.165, 1.54) is 57.8 Å². The van der Waals surface area contributed by atoms with Gasteiger partial charge in [0.15, 0.2) is 5.82 Å². The molecule has 0 aliphatic heterocycles. The molecule has 1 heterocycles. The third-order valence-electron chi connectivity index (χ3n) is 4.92. The van der Waals surface area contributed by atoms with Crippen LogP contribution in [0.5, 0.6) is 0 Å². The first kappa shape index (κ1) is 14.1. The van der Waals surface area contributed by atoms with Crippen LogP contribution in [-0.4, -0.2) is 22.7 Å². The van der Waals surface area contributed by atoms with Gasteiger partial charge in [-0.2, -0.15) is 4.98 Å². The number of nitrogens with zero attached hydrogens (tertiary/aromatic N) is 2. The van der Waals surface area contributed by atoms with Crippen LogP contribution in [0.4, 0.5) is 0 Å². The molecule has 4 nitrogen and oxygen atoms in total. The molecular weight excluding hydrogens is 250 g/mol. The van der Waals surface area contributed by atoms with Crippen LogP contribution < -0.4 is 5.32 Å². The summed E-state index contributed by atoms with van der Waals surface area (Å²) in [6.07, 6.45) is 11.4. The average Bonchev–Trinajstić information content (AvgIpc) is 3.14. The van der Waals surface area contributed by atoms with E-state index in [2.05, 4.69) is 17.4 Å². The van der Waals surface area contributed by atoms with E-state index in [1.54, 1.807) is 0 Å². The first-order chi connectivity index (χ1) is 9.88. The summed E-state index contributed by atoms with van der Waals surface area (Å²) in [4.78, 5) is 4.76. The van der Waals surface area contributed by atoms with Gasteiger partial charge in [-0.15, -0.1) is 0 Å². The highest BCUT2D eigenvalue weighted by Gasteiger charge is 2.33. The minimum absolute atomic E-state index is 0.436. The summed E-state index contributed by atoms with van der Waals surface area (Å²) in [5, 5.41) is 7.93. The highest BCUT2D eigenvalue weighted by Crippen LogP contribution is 2.36. The largest absolute Gasteiger partial charge is 0.339 e. The van der Waals surface area contributed by atoms with Crippen molar-refractivity contribution in [2.24, 2.45) is 0 Å². The van der Waals surface area contributed by atoms with Crippen LogP contribution in [0.15, 0.2) is 4.52 Å². The van der Waals surface area contributed by atoms with Crippen molar-refractivity contribution < 1.29 is 4.52 Å². The zero-order valence-corrected chi connectivity index (χ0v) is 12.6. The number of hydrogen-bond acceptors (Lipinski definition) is 4. The first-order valence-corrected chi connectivity index (χ1v) is 8.45. The van der Waals surface area contributed by atoms with Gasteiger partial charge in [-0.25, -0.2) is 0 Å². The highest BCUT2D eigenvalue weighted by atomic mass is 16.5. The minimum Gasteiger partial charge on any atom is -0.339 e. The van der Waals surface area contributed by atoms with E-state index in [1.807, 2.05) is 0 Å². The number of nitrogens with one attached hydrogen (secondary N) is 1. The van der Waals surface area contributed by atoms with Gasteiger partial charge in [-0.1, -0.05) is 37.8 Å². The Bertz CT molecular complexity index is 412. The maximum Gasteiger partial charge on any atom is 0.231 e. The Morgan fingerprint density at radius 1 is 1.10 bits per heavy atom. The zero-order valence-electron chi connectivity index (χ0n) is 12.6.